The molecule has 7 aromatic carbocycles. The van der Waals surface area contributed by atoms with Gasteiger partial charge >= 0.3 is 0 Å². The van der Waals surface area contributed by atoms with Gasteiger partial charge in [0.2, 0.25) is 0 Å². The van der Waals surface area contributed by atoms with E-state index in [0.29, 0.717) is 0 Å². The van der Waals surface area contributed by atoms with Gasteiger partial charge in [-0.05, 0) is 94.5 Å². The molecule has 0 radical (unpaired) electrons. The fourth-order valence-electron chi connectivity index (χ4n) is 6.70. The van der Waals surface area contributed by atoms with Crippen LogP contribution in [0.25, 0.3) is 43.8 Å². The summed E-state index contributed by atoms with van der Waals surface area (Å²) in [5.74, 6) is 0. The maximum Gasteiger partial charge on any atom is 0.136 e. The Morgan fingerprint density at radius 2 is 1.26 bits per heavy atom. The number of anilines is 4. The molecule has 1 aromatic heterocycles. The quantitative estimate of drug-likeness (QED) is 0.210. The summed E-state index contributed by atoms with van der Waals surface area (Å²) in [5.41, 5.74) is 11.4. The fourth-order valence-corrected chi connectivity index (χ4v) is 8.00. The number of furan rings is 1. The van der Waals surface area contributed by atoms with Gasteiger partial charge in [-0.3, -0.25) is 0 Å². The predicted octanol–water partition coefficient (Wildman–Crippen LogP) is 12.4. The van der Waals surface area contributed by atoms with Crippen molar-refractivity contribution in [3.05, 3.63) is 163 Å². The number of para-hydroxylation sites is 2. The lowest BCUT2D eigenvalue weighted by atomic mass is 10.0. The van der Waals surface area contributed by atoms with Gasteiger partial charge in [0.05, 0.1) is 0 Å². The molecular weight excluding hydrogens is 581 g/mol. The molecule has 1 aliphatic heterocycles. The number of nitrogens with one attached hydrogen (secondary N) is 1. The Kier molecular flexibility index (Phi) is 6.36. The molecule has 4 heteroatoms. The third kappa shape index (κ3) is 4.53. The third-order valence-electron chi connectivity index (χ3n) is 9.01. The van der Waals surface area contributed by atoms with Crippen molar-refractivity contribution < 1.29 is 4.42 Å². The van der Waals surface area contributed by atoms with Gasteiger partial charge in [0.25, 0.3) is 0 Å². The summed E-state index contributed by atoms with van der Waals surface area (Å²) in [6, 6.07) is 54.2. The van der Waals surface area contributed by atoms with E-state index in [4.69, 9.17) is 4.42 Å². The van der Waals surface area contributed by atoms with Crippen LogP contribution >= 0.6 is 11.8 Å². The van der Waals surface area contributed by atoms with E-state index in [9.17, 15) is 0 Å². The summed E-state index contributed by atoms with van der Waals surface area (Å²) in [6.07, 6.45) is 0. The first-order chi connectivity index (χ1) is 22.7. The van der Waals surface area contributed by atoms with Gasteiger partial charge < -0.3 is 14.6 Å². The summed E-state index contributed by atoms with van der Waals surface area (Å²) in [6.45, 7) is 2.20. The molecule has 9 rings (SSSR count). The molecule has 46 heavy (non-hydrogen) atoms. The van der Waals surface area contributed by atoms with Gasteiger partial charge in [-0.2, -0.15) is 0 Å². The van der Waals surface area contributed by atoms with Crippen molar-refractivity contribution in [1.82, 2.24) is 0 Å². The van der Waals surface area contributed by atoms with Crippen LogP contribution in [-0.4, -0.2) is 0 Å². The Balaban J connectivity index is 1.01. The maximum atomic E-state index is 6.14. The second-order valence-corrected chi connectivity index (χ2v) is 13.0. The molecule has 2 heterocycles. The SMILES string of the molecule is Cc1cc2ccccc2cc1N(c1ccccc1)c1ccc(-c2ccc(C3Nc4ccc5oc6ccccc6c5c4S3)cc2)cc1. The molecule has 0 fully saturated rings. The number of thioether (sulfide) groups is 1. The van der Waals surface area contributed by atoms with Crippen molar-refractivity contribution in [2.75, 3.05) is 10.2 Å². The second kappa shape index (κ2) is 10.9. The van der Waals surface area contributed by atoms with E-state index in [0.717, 1.165) is 22.5 Å². The molecular formula is C42H30N2OS. The molecule has 0 saturated heterocycles. The number of aryl methyl sites for hydroxylation is 1. The highest BCUT2D eigenvalue weighted by Crippen LogP contribution is 2.51. The Bertz CT molecular complexity index is 2380. The Labute approximate surface area is 272 Å². The lowest BCUT2D eigenvalue weighted by molar-refractivity contribution is 0.668. The lowest BCUT2D eigenvalue weighted by Crippen LogP contribution is -2.11. The molecule has 0 bridgehead atoms. The molecule has 3 nitrogen and oxygen atoms in total. The first kappa shape index (κ1) is 26.9. The lowest BCUT2D eigenvalue weighted by Gasteiger charge is -2.27. The molecule has 8 aromatic rings. The molecule has 0 amide bonds. The zero-order chi connectivity index (χ0) is 30.6. The molecule has 0 saturated carbocycles. The molecule has 1 unspecified atom stereocenters. The van der Waals surface area contributed by atoms with E-state index in [1.54, 1.807) is 0 Å². The molecule has 0 aliphatic carbocycles. The first-order valence-electron chi connectivity index (χ1n) is 15.6. The Morgan fingerprint density at radius 1 is 0.609 bits per heavy atom. The van der Waals surface area contributed by atoms with Gasteiger partial charge in [-0.15, -0.1) is 0 Å². The highest BCUT2D eigenvalue weighted by atomic mass is 32.2. The average molecular weight is 611 g/mol. The van der Waals surface area contributed by atoms with Crippen molar-refractivity contribution in [3.8, 4) is 11.1 Å². The number of nitrogens with zero attached hydrogens (tertiary/aromatic N) is 1. The number of fused-ring (bicyclic) bond motifs is 6. The van der Waals surface area contributed by atoms with Crippen LogP contribution in [0.3, 0.4) is 0 Å². The van der Waals surface area contributed by atoms with Crippen molar-refractivity contribution in [2.45, 2.75) is 17.2 Å². The normalized spacial score (nSPS) is 14.1. The number of hydrogen-bond donors (Lipinski definition) is 1. The zero-order valence-electron chi connectivity index (χ0n) is 25.3. The topological polar surface area (TPSA) is 28.4 Å². The van der Waals surface area contributed by atoms with Crippen LogP contribution in [0.1, 0.15) is 16.5 Å². The fraction of sp³-hybridized carbons (Fsp3) is 0.0476. The summed E-state index contributed by atoms with van der Waals surface area (Å²) < 4.78 is 6.14. The van der Waals surface area contributed by atoms with Crippen molar-refractivity contribution in [3.63, 3.8) is 0 Å². The van der Waals surface area contributed by atoms with Crippen molar-refractivity contribution in [2.24, 2.45) is 0 Å². The molecule has 1 aliphatic rings. The van der Waals surface area contributed by atoms with Crippen LogP contribution in [0.4, 0.5) is 22.7 Å². The Hall–Kier alpha value is -5.45. The highest BCUT2D eigenvalue weighted by molar-refractivity contribution is 8.00. The molecule has 1 atom stereocenters. The van der Waals surface area contributed by atoms with Crippen LogP contribution < -0.4 is 10.2 Å². The van der Waals surface area contributed by atoms with Crippen molar-refractivity contribution >= 4 is 67.2 Å². The number of benzene rings is 7. The van der Waals surface area contributed by atoms with E-state index in [1.165, 1.54) is 60.1 Å². The van der Waals surface area contributed by atoms with E-state index < -0.39 is 0 Å². The van der Waals surface area contributed by atoms with E-state index in [-0.39, 0.29) is 5.37 Å². The molecule has 0 spiro atoms. The number of hydrogen-bond acceptors (Lipinski definition) is 4. The van der Waals surface area contributed by atoms with Crippen LogP contribution in [0.5, 0.6) is 0 Å². The van der Waals surface area contributed by atoms with Crippen LogP contribution in [0.15, 0.2) is 161 Å². The molecule has 220 valence electrons. The van der Waals surface area contributed by atoms with Gasteiger partial charge in [0.15, 0.2) is 0 Å². The first-order valence-corrected chi connectivity index (χ1v) is 16.5. The average Bonchev–Trinajstić information content (AvgIpc) is 3.71. The highest BCUT2D eigenvalue weighted by Gasteiger charge is 2.27. The maximum absolute atomic E-state index is 6.14. The van der Waals surface area contributed by atoms with Gasteiger partial charge in [-0.25, -0.2) is 0 Å². The minimum Gasteiger partial charge on any atom is -0.456 e. The van der Waals surface area contributed by atoms with E-state index >= 15 is 0 Å². The van der Waals surface area contributed by atoms with E-state index in [2.05, 4.69) is 157 Å². The summed E-state index contributed by atoms with van der Waals surface area (Å²) >= 11 is 1.87. The second-order valence-electron chi connectivity index (χ2n) is 11.9. The predicted molar refractivity (Wildman–Crippen MR) is 195 cm³/mol. The minimum atomic E-state index is 0.148. The third-order valence-corrected chi connectivity index (χ3v) is 10.3. The molecule has 1 N–H and O–H groups in total. The summed E-state index contributed by atoms with van der Waals surface area (Å²) in [5, 5.41) is 8.76. The Morgan fingerprint density at radius 3 is 2.04 bits per heavy atom. The summed E-state index contributed by atoms with van der Waals surface area (Å²) in [7, 11) is 0. The minimum absolute atomic E-state index is 0.148. The van der Waals surface area contributed by atoms with Gasteiger partial charge in [0.1, 0.15) is 16.5 Å². The summed E-state index contributed by atoms with van der Waals surface area (Å²) in [4.78, 5) is 3.62. The van der Waals surface area contributed by atoms with Crippen molar-refractivity contribution in [1.29, 1.82) is 0 Å². The van der Waals surface area contributed by atoms with Gasteiger partial charge in [0, 0.05) is 38.4 Å². The van der Waals surface area contributed by atoms with Crippen LogP contribution in [0.2, 0.25) is 0 Å². The zero-order valence-corrected chi connectivity index (χ0v) is 26.1. The van der Waals surface area contributed by atoms with E-state index in [1.807, 2.05) is 23.9 Å². The standard InChI is InChI=1S/C42H30N2OS/c1-27-25-31-9-5-6-10-32(31)26-37(27)44(33-11-3-2-4-12-33)34-21-19-29(20-22-34)28-15-17-30(18-16-28)42-43-36-23-24-39-40(41(36)46-42)35-13-7-8-14-38(35)45-39/h2-26,42-43H,1H3. The monoisotopic (exact) mass is 610 g/mol. The van der Waals surface area contributed by atoms with Crippen LogP contribution in [-0.2, 0) is 0 Å². The van der Waals surface area contributed by atoms with Crippen LogP contribution in [0, 0.1) is 6.92 Å². The number of rotatable bonds is 5. The smallest absolute Gasteiger partial charge is 0.136 e. The largest absolute Gasteiger partial charge is 0.456 e. The van der Waals surface area contributed by atoms with Gasteiger partial charge in [-0.1, -0.05) is 109 Å².